The molecule has 1 aliphatic rings. The van der Waals surface area contributed by atoms with Gasteiger partial charge in [0.05, 0.1) is 31.0 Å². The van der Waals surface area contributed by atoms with Crippen molar-refractivity contribution in [1.82, 2.24) is 9.88 Å². The molecule has 2 amide bonds. The van der Waals surface area contributed by atoms with Crippen LogP contribution in [0, 0.1) is 0 Å². The smallest absolute Gasteiger partial charge is 0.410 e. The number of amides is 2. The molecule has 3 heterocycles. The first-order valence-electron chi connectivity index (χ1n) is 11.3. The third-order valence-corrected chi connectivity index (χ3v) is 6.62. The minimum Gasteiger partial charge on any atom is -0.492 e. The molecule has 1 aliphatic heterocycles. The molecular weight excluding hydrogens is 452 g/mol. The Morgan fingerprint density at radius 1 is 1.12 bits per heavy atom. The van der Waals surface area contributed by atoms with Gasteiger partial charge in [0.25, 0.3) is 5.91 Å². The van der Waals surface area contributed by atoms with Gasteiger partial charge in [0.15, 0.2) is 0 Å². The highest BCUT2D eigenvalue weighted by atomic mass is 32.1. The van der Waals surface area contributed by atoms with Crippen LogP contribution in [-0.4, -0.2) is 41.6 Å². The van der Waals surface area contributed by atoms with Gasteiger partial charge in [-0.05, 0) is 55.7 Å². The van der Waals surface area contributed by atoms with Crippen LogP contribution in [-0.2, 0) is 24.2 Å². The summed E-state index contributed by atoms with van der Waals surface area (Å²) >= 11 is 1.51. The summed E-state index contributed by atoms with van der Waals surface area (Å²) in [7, 11) is 0. The van der Waals surface area contributed by atoms with E-state index in [0.29, 0.717) is 56.3 Å². The Morgan fingerprint density at radius 3 is 2.68 bits per heavy atom. The average Bonchev–Trinajstić information content (AvgIpc) is 3.22. The lowest BCUT2D eigenvalue weighted by molar-refractivity contribution is 0.102. The number of thiophene rings is 1. The molecule has 0 aliphatic carbocycles. The summed E-state index contributed by atoms with van der Waals surface area (Å²) in [5, 5.41) is 7.23. The molecule has 2 N–H and O–H groups in total. The maximum absolute atomic E-state index is 13.5. The highest BCUT2D eigenvalue weighted by Gasteiger charge is 2.30. The van der Waals surface area contributed by atoms with Crippen molar-refractivity contribution in [2.75, 3.05) is 30.4 Å². The van der Waals surface area contributed by atoms with Crippen molar-refractivity contribution in [3.05, 3.63) is 70.4 Å². The van der Waals surface area contributed by atoms with Crippen LogP contribution in [0.2, 0.25) is 0 Å². The molecule has 0 radical (unpaired) electrons. The van der Waals surface area contributed by atoms with Gasteiger partial charge in [0.1, 0.15) is 10.8 Å². The van der Waals surface area contributed by atoms with E-state index in [1.807, 2.05) is 43.3 Å². The number of carbonyl (C=O) groups excluding carboxylic acids is 2. The molecule has 0 fully saturated rings. The van der Waals surface area contributed by atoms with Gasteiger partial charge in [-0.1, -0.05) is 12.1 Å². The molecule has 1 aromatic carbocycles. The zero-order chi connectivity index (χ0) is 23.9. The number of carbonyl (C=O) groups is 2. The summed E-state index contributed by atoms with van der Waals surface area (Å²) in [5.41, 5.74) is 3.26. The van der Waals surface area contributed by atoms with E-state index in [1.165, 1.54) is 11.3 Å². The molecule has 0 saturated heterocycles. The third-order valence-electron chi connectivity index (χ3n) is 5.45. The van der Waals surface area contributed by atoms with Gasteiger partial charge < -0.3 is 25.0 Å². The Hall–Kier alpha value is -3.59. The molecule has 9 heteroatoms. The summed E-state index contributed by atoms with van der Waals surface area (Å²) in [4.78, 5) is 32.5. The number of rotatable bonds is 8. The number of nitrogens with zero attached hydrogens (tertiary/aromatic N) is 2. The van der Waals surface area contributed by atoms with E-state index >= 15 is 0 Å². The van der Waals surface area contributed by atoms with E-state index in [0.717, 1.165) is 21.0 Å². The Balaban J connectivity index is 1.63. The summed E-state index contributed by atoms with van der Waals surface area (Å²) in [6.45, 7) is 6.01. The van der Waals surface area contributed by atoms with Crippen molar-refractivity contribution < 1.29 is 19.1 Å². The fourth-order valence-electron chi connectivity index (χ4n) is 3.86. The summed E-state index contributed by atoms with van der Waals surface area (Å²) in [6, 6.07) is 11.3. The minimum atomic E-state index is -0.329. The van der Waals surface area contributed by atoms with Crippen LogP contribution in [0.1, 0.15) is 40.2 Å². The monoisotopic (exact) mass is 480 g/mol. The van der Waals surface area contributed by atoms with Gasteiger partial charge in [-0.2, -0.15) is 0 Å². The zero-order valence-electron chi connectivity index (χ0n) is 19.3. The molecule has 8 nitrogen and oxygen atoms in total. The molecule has 4 rings (SSSR count). The number of fused-ring (bicyclic) bond motifs is 1. The Kier molecular flexibility index (Phi) is 7.64. The number of hydrogen-bond acceptors (Lipinski definition) is 7. The first-order chi connectivity index (χ1) is 16.6. The Labute approximate surface area is 202 Å². The molecule has 0 bridgehead atoms. The topological polar surface area (TPSA) is 92.8 Å². The molecule has 0 unspecified atom stereocenters. The lowest BCUT2D eigenvalue weighted by atomic mass is 10.0. The number of benzene rings is 1. The zero-order valence-corrected chi connectivity index (χ0v) is 20.1. The maximum Gasteiger partial charge on any atom is 0.410 e. The first kappa shape index (κ1) is 23.6. The molecule has 3 aromatic rings. The number of anilines is 2. The van der Waals surface area contributed by atoms with E-state index in [9.17, 15) is 9.59 Å². The maximum atomic E-state index is 13.5. The van der Waals surface area contributed by atoms with Crippen molar-refractivity contribution in [2.45, 2.75) is 33.4 Å². The predicted molar refractivity (Wildman–Crippen MR) is 133 cm³/mol. The molecule has 34 heavy (non-hydrogen) atoms. The minimum absolute atomic E-state index is 0.202. The summed E-state index contributed by atoms with van der Waals surface area (Å²) < 4.78 is 10.9. The van der Waals surface area contributed by atoms with Crippen molar-refractivity contribution in [1.29, 1.82) is 0 Å². The second-order valence-electron chi connectivity index (χ2n) is 7.67. The van der Waals surface area contributed by atoms with Crippen LogP contribution in [0.5, 0.6) is 5.75 Å². The van der Waals surface area contributed by atoms with Gasteiger partial charge in [-0.25, -0.2) is 4.79 Å². The van der Waals surface area contributed by atoms with Gasteiger partial charge >= 0.3 is 6.09 Å². The van der Waals surface area contributed by atoms with Crippen LogP contribution in [0.4, 0.5) is 15.5 Å². The highest BCUT2D eigenvalue weighted by molar-refractivity contribution is 7.16. The SMILES string of the molecule is CCOC(=O)N1CCc2c(sc(NCc3ccncc3)c2C(=O)Nc2ccccc2OCC)C1. The number of para-hydroxylation sites is 2. The fraction of sp³-hybridized carbons (Fsp3) is 0.320. The normalized spacial score (nSPS) is 12.6. The van der Waals surface area contributed by atoms with E-state index in [2.05, 4.69) is 15.6 Å². The van der Waals surface area contributed by atoms with Gasteiger partial charge in [-0.3, -0.25) is 9.78 Å². The molecular formula is C25H28N4O4S. The lowest BCUT2D eigenvalue weighted by Gasteiger charge is -2.26. The second kappa shape index (κ2) is 11.0. The molecule has 0 atom stereocenters. The molecule has 178 valence electrons. The Morgan fingerprint density at radius 2 is 1.91 bits per heavy atom. The van der Waals surface area contributed by atoms with Gasteiger partial charge in [0.2, 0.25) is 0 Å². The molecule has 2 aromatic heterocycles. The average molecular weight is 481 g/mol. The number of aromatic nitrogens is 1. The van der Waals surface area contributed by atoms with Crippen LogP contribution < -0.4 is 15.4 Å². The van der Waals surface area contributed by atoms with Crippen molar-refractivity contribution in [3.63, 3.8) is 0 Å². The first-order valence-corrected chi connectivity index (χ1v) is 12.1. The van der Waals surface area contributed by atoms with Crippen LogP contribution >= 0.6 is 11.3 Å². The standard InChI is InChI=1S/C25H28N4O4S/c1-3-32-20-8-6-5-7-19(20)28-23(30)22-18-11-14-29(25(31)33-4-2)16-21(18)34-24(22)27-15-17-9-12-26-13-10-17/h5-10,12-13,27H,3-4,11,14-16H2,1-2H3,(H,28,30). The number of pyridine rings is 1. The lowest BCUT2D eigenvalue weighted by Crippen LogP contribution is -2.36. The number of ether oxygens (including phenoxy) is 2. The Bertz CT molecular complexity index is 1150. The summed E-state index contributed by atoms with van der Waals surface area (Å²) in [5.74, 6) is 0.425. The predicted octanol–water partition coefficient (Wildman–Crippen LogP) is 4.92. The van der Waals surface area contributed by atoms with Crippen molar-refractivity contribution in [2.24, 2.45) is 0 Å². The van der Waals surface area contributed by atoms with Crippen LogP contribution in [0.3, 0.4) is 0 Å². The van der Waals surface area contributed by atoms with Gasteiger partial charge in [0, 0.05) is 30.4 Å². The van der Waals surface area contributed by atoms with E-state index in [4.69, 9.17) is 9.47 Å². The van der Waals surface area contributed by atoms with E-state index in [-0.39, 0.29) is 12.0 Å². The quantitative estimate of drug-likeness (QED) is 0.475. The molecule has 0 saturated carbocycles. The third kappa shape index (κ3) is 5.31. The van der Waals surface area contributed by atoms with Crippen molar-refractivity contribution in [3.8, 4) is 5.75 Å². The van der Waals surface area contributed by atoms with Gasteiger partial charge in [-0.15, -0.1) is 11.3 Å². The fourth-order valence-corrected chi connectivity index (χ4v) is 5.11. The van der Waals surface area contributed by atoms with Crippen LogP contribution in [0.25, 0.3) is 0 Å². The second-order valence-corrected chi connectivity index (χ2v) is 8.78. The highest BCUT2D eigenvalue weighted by Crippen LogP contribution is 2.38. The van der Waals surface area contributed by atoms with E-state index < -0.39 is 0 Å². The largest absolute Gasteiger partial charge is 0.492 e. The van der Waals surface area contributed by atoms with Crippen LogP contribution in [0.15, 0.2) is 48.8 Å². The number of hydrogen-bond donors (Lipinski definition) is 2. The summed E-state index contributed by atoms with van der Waals surface area (Å²) in [6.07, 6.45) is 3.74. The number of nitrogens with one attached hydrogen (secondary N) is 2. The van der Waals surface area contributed by atoms with Crippen molar-refractivity contribution >= 4 is 34.0 Å². The molecule has 0 spiro atoms. The van der Waals surface area contributed by atoms with E-state index in [1.54, 1.807) is 24.2 Å².